The summed E-state index contributed by atoms with van der Waals surface area (Å²) in [5, 5.41) is 4.51. The first-order chi connectivity index (χ1) is 11.5. The molecule has 2 rings (SSSR count). The first-order valence-corrected chi connectivity index (χ1v) is 7.31. The van der Waals surface area contributed by atoms with Gasteiger partial charge in [-0.05, 0) is 43.2 Å². The van der Waals surface area contributed by atoms with Crippen LogP contribution >= 0.6 is 0 Å². The minimum absolute atomic E-state index is 0.147. The molecule has 1 aromatic carbocycles. The predicted molar refractivity (Wildman–Crippen MR) is 85.3 cm³/mol. The minimum atomic E-state index is -0.717. The van der Waals surface area contributed by atoms with Gasteiger partial charge in [0.25, 0.3) is 5.91 Å². The summed E-state index contributed by atoms with van der Waals surface area (Å²) in [6.45, 7) is 3.28. The van der Waals surface area contributed by atoms with Crippen molar-refractivity contribution < 1.29 is 23.5 Å². The third-order valence-electron chi connectivity index (χ3n) is 3.42. The molecule has 0 aliphatic rings. The second-order valence-electron chi connectivity index (χ2n) is 5.13. The van der Waals surface area contributed by atoms with Crippen LogP contribution in [0.1, 0.15) is 27.2 Å². The van der Waals surface area contributed by atoms with Crippen LogP contribution in [0, 0.1) is 13.8 Å². The van der Waals surface area contributed by atoms with E-state index in [1.54, 1.807) is 31.2 Å². The molecule has 1 heterocycles. The lowest BCUT2D eigenvalue weighted by Crippen LogP contribution is -2.41. The number of imide groups is 1. The van der Waals surface area contributed by atoms with E-state index in [1.807, 2.05) is 13.0 Å². The number of nitrogens with one attached hydrogen (secondary N) is 2. The molecule has 0 unspecified atom stereocenters. The fourth-order valence-electron chi connectivity index (χ4n) is 1.97. The Bertz CT molecular complexity index is 737. The molecule has 2 aromatic rings. The van der Waals surface area contributed by atoms with E-state index in [0.29, 0.717) is 11.3 Å². The number of amides is 3. The Morgan fingerprint density at radius 3 is 2.62 bits per heavy atom. The van der Waals surface area contributed by atoms with Crippen molar-refractivity contribution in [3.8, 4) is 0 Å². The highest BCUT2D eigenvalue weighted by atomic mass is 16.5. The van der Waals surface area contributed by atoms with Crippen LogP contribution in [0.5, 0.6) is 0 Å². The Morgan fingerprint density at radius 2 is 1.92 bits per heavy atom. The number of ether oxygens (including phenoxy) is 1. The third-order valence-corrected chi connectivity index (χ3v) is 3.42. The number of aryl methyl sites for hydroxylation is 1. The zero-order valence-corrected chi connectivity index (χ0v) is 13.4. The molecule has 0 radical (unpaired) electrons. The summed E-state index contributed by atoms with van der Waals surface area (Å²) >= 11 is 0. The lowest BCUT2D eigenvalue weighted by atomic mass is 10.0. The van der Waals surface area contributed by atoms with E-state index in [9.17, 15) is 14.4 Å². The Morgan fingerprint density at radius 1 is 1.12 bits per heavy atom. The Kier molecular flexibility index (Phi) is 5.73. The molecule has 7 heteroatoms. The fourth-order valence-corrected chi connectivity index (χ4v) is 1.97. The highest BCUT2D eigenvalue weighted by molar-refractivity contribution is 5.97. The molecule has 24 heavy (non-hydrogen) atoms. The van der Waals surface area contributed by atoms with Crippen LogP contribution in [-0.4, -0.2) is 24.5 Å². The van der Waals surface area contributed by atoms with E-state index >= 15 is 0 Å². The van der Waals surface area contributed by atoms with Crippen molar-refractivity contribution in [2.45, 2.75) is 20.4 Å². The van der Waals surface area contributed by atoms with E-state index in [4.69, 9.17) is 9.15 Å². The molecule has 1 aromatic heterocycles. The van der Waals surface area contributed by atoms with Crippen molar-refractivity contribution >= 4 is 17.9 Å². The summed E-state index contributed by atoms with van der Waals surface area (Å²) in [6.07, 6.45) is 1.48. The molecular formula is C17H18N2O5. The van der Waals surface area contributed by atoms with Crippen LogP contribution in [0.15, 0.2) is 41.0 Å². The molecule has 0 aliphatic heterocycles. The highest BCUT2D eigenvalue weighted by Gasteiger charge is 2.14. The number of carbonyl (C=O) groups excluding carboxylic acids is 3. The van der Waals surface area contributed by atoms with Crippen molar-refractivity contribution in [1.29, 1.82) is 0 Å². The third kappa shape index (κ3) is 4.70. The summed E-state index contributed by atoms with van der Waals surface area (Å²) < 4.78 is 9.97. The summed E-state index contributed by atoms with van der Waals surface area (Å²) in [5.74, 6) is -0.771. The zero-order chi connectivity index (χ0) is 17.5. The monoisotopic (exact) mass is 330 g/mol. The normalized spacial score (nSPS) is 10.1. The van der Waals surface area contributed by atoms with Gasteiger partial charge in [0, 0.05) is 0 Å². The van der Waals surface area contributed by atoms with Gasteiger partial charge in [-0.2, -0.15) is 0 Å². The Hall–Kier alpha value is -3.09. The number of esters is 1. The molecule has 0 saturated carbocycles. The van der Waals surface area contributed by atoms with Crippen molar-refractivity contribution in [1.82, 2.24) is 10.6 Å². The Balaban J connectivity index is 1.77. The molecule has 0 fully saturated rings. The maximum Gasteiger partial charge on any atom is 0.338 e. The van der Waals surface area contributed by atoms with E-state index in [0.717, 1.165) is 11.1 Å². The van der Waals surface area contributed by atoms with Gasteiger partial charge in [0.05, 0.1) is 18.4 Å². The van der Waals surface area contributed by atoms with Crippen LogP contribution in [0.3, 0.4) is 0 Å². The van der Waals surface area contributed by atoms with E-state index in [1.165, 1.54) is 6.26 Å². The Labute approximate surface area is 139 Å². The largest absolute Gasteiger partial charge is 0.467 e. The van der Waals surface area contributed by atoms with Gasteiger partial charge in [0.15, 0.2) is 6.61 Å². The summed E-state index contributed by atoms with van der Waals surface area (Å²) in [7, 11) is 0. The molecule has 3 amide bonds. The van der Waals surface area contributed by atoms with E-state index in [-0.39, 0.29) is 6.54 Å². The number of hydrogen-bond donors (Lipinski definition) is 2. The molecule has 0 atom stereocenters. The average molecular weight is 330 g/mol. The van der Waals surface area contributed by atoms with Gasteiger partial charge < -0.3 is 14.5 Å². The average Bonchev–Trinajstić information content (AvgIpc) is 3.07. The van der Waals surface area contributed by atoms with E-state index in [2.05, 4.69) is 10.6 Å². The predicted octanol–water partition coefficient (Wildman–Crippen LogP) is 2.08. The van der Waals surface area contributed by atoms with Gasteiger partial charge >= 0.3 is 12.0 Å². The standard InChI is InChI=1S/C17H18N2O5/c1-11-5-3-7-14(12(11)2)16(21)24-10-15(20)19-17(22)18-9-13-6-4-8-23-13/h3-8H,9-10H2,1-2H3,(H2,18,19,20,22). The highest BCUT2D eigenvalue weighted by Crippen LogP contribution is 2.13. The van der Waals surface area contributed by atoms with Gasteiger partial charge in [-0.25, -0.2) is 9.59 Å². The number of furan rings is 1. The van der Waals surface area contributed by atoms with Crippen molar-refractivity contribution in [3.63, 3.8) is 0 Å². The van der Waals surface area contributed by atoms with Gasteiger partial charge in [0.2, 0.25) is 0 Å². The number of rotatable bonds is 5. The smallest absolute Gasteiger partial charge is 0.338 e. The molecule has 2 N–H and O–H groups in total. The van der Waals surface area contributed by atoms with E-state index < -0.39 is 24.5 Å². The van der Waals surface area contributed by atoms with Crippen LogP contribution in [0.4, 0.5) is 4.79 Å². The second kappa shape index (κ2) is 7.96. The van der Waals surface area contributed by atoms with Crippen LogP contribution in [0.25, 0.3) is 0 Å². The molecule has 0 bridgehead atoms. The fraction of sp³-hybridized carbons (Fsp3) is 0.235. The SMILES string of the molecule is Cc1cccc(C(=O)OCC(=O)NC(=O)NCc2ccco2)c1C. The van der Waals surface area contributed by atoms with Crippen LogP contribution < -0.4 is 10.6 Å². The van der Waals surface area contributed by atoms with Crippen molar-refractivity contribution in [2.24, 2.45) is 0 Å². The molecule has 7 nitrogen and oxygen atoms in total. The van der Waals surface area contributed by atoms with Gasteiger partial charge in [0.1, 0.15) is 5.76 Å². The van der Waals surface area contributed by atoms with Crippen LogP contribution in [-0.2, 0) is 16.1 Å². The summed E-state index contributed by atoms with van der Waals surface area (Å²) in [5.41, 5.74) is 2.13. The summed E-state index contributed by atoms with van der Waals surface area (Å²) in [4.78, 5) is 35.1. The first kappa shape index (κ1) is 17.3. The lowest BCUT2D eigenvalue weighted by molar-refractivity contribution is -0.123. The second-order valence-corrected chi connectivity index (χ2v) is 5.13. The molecule has 126 valence electrons. The number of hydrogen-bond acceptors (Lipinski definition) is 5. The van der Waals surface area contributed by atoms with Gasteiger partial charge in [-0.3, -0.25) is 10.1 Å². The molecule has 0 aliphatic carbocycles. The lowest BCUT2D eigenvalue weighted by Gasteiger charge is -2.09. The van der Waals surface area contributed by atoms with Crippen molar-refractivity contribution in [2.75, 3.05) is 6.61 Å². The maximum atomic E-state index is 12.0. The number of benzene rings is 1. The minimum Gasteiger partial charge on any atom is -0.467 e. The molecular weight excluding hydrogens is 312 g/mol. The van der Waals surface area contributed by atoms with Crippen LogP contribution in [0.2, 0.25) is 0 Å². The zero-order valence-electron chi connectivity index (χ0n) is 13.4. The molecule has 0 spiro atoms. The first-order valence-electron chi connectivity index (χ1n) is 7.31. The number of urea groups is 1. The van der Waals surface area contributed by atoms with Gasteiger partial charge in [-0.1, -0.05) is 12.1 Å². The topological polar surface area (TPSA) is 97.6 Å². The van der Waals surface area contributed by atoms with Gasteiger partial charge in [-0.15, -0.1) is 0 Å². The van der Waals surface area contributed by atoms with Crippen molar-refractivity contribution in [3.05, 3.63) is 59.0 Å². The maximum absolute atomic E-state index is 12.0. The molecule has 0 saturated heterocycles. The summed E-state index contributed by atoms with van der Waals surface area (Å²) in [6, 6.07) is 7.92. The quantitative estimate of drug-likeness (QED) is 0.818. The number of carbonyl (C=O) groups is 3.